The zero-order valence-corrected chi connectivity index (χ0v) is 14.9. The predicted octanol–water partition coefficient (Wildman–Crippen LogP) is 6.01. The molecule has 3 heteroatoms. The lowest BCUT2D eigenvalue weighted by Gasteiger charge is -2.16. The molecule has 0 bridgehead atoms. The van der Waals surface area contributed by atoms with E-state index in [2.05, 4.69) is 0 Å². The number of hydrogen-bond donors (Lipinski definition) is 0. The Bertz CT molecular complexity index is 797. The molecule has 3 rings (SSSR count). The first kappa shape index (κ1) is 18.6. The van der Waals surface area contributed by atoms with Gasteiger partial charge < -0.3 is 4.74 Å². The molecule has 0 radical (unpaired) electrons. The van der Waals surface area contributed by atoms with Gasteiger partial charge in [0.05, 0.1) is 0 Å². The highest BCUT2D eigenvalue weighted by Crippen LogP contribution is 2.27. The summed E-state index contributed by atoms with van der Waals surface area (Å²) in [5, 5.41) is 8.78. The number of halogens is 1. The SMILES string of the molecule is Cc1ccccc1C(OC#N)c1ccccc1.ClCc1ccccc1. The van der Waals surface area contributed by atoms with Crippen molar-refractivity contribution in [1.82, 2.24) is 0 Å². The Hall–Kier alpha value is -2.76. The van der Waals surface area contributed by atoms with Crippen LogP contribution >= 0.6 is 11.6 Å². The molecule has 25 heavy (non-hydrogen) atoms. The molecule has 3 aromatic rings. The largest absolute Gasteiger partial charge is 0.414 e. The molecule has 0 aromatic heterocycles. The van der Waals surface area contributed by atoms with Crippen molar-refractivity contribution in [3.8, 4) is 6.26 Å². The van der Waals surface area contributed by atoms with E-state index in [1.165, 1.54) is 5.56 Å². The third kappa shape index (κ3) is 5.67. The number of aryl methyl sites for hydroxylation is 1. The first-order valence-electron chi connectivity index (χ1n) is 8.01. The third-order valence-corrected chi connectivity index (χ3v) is 4.05. The quantitative estimate of drug-likeness (QED) is 0.427. The van der Waals surface area contributed by atoms with Crippen LogP contribution in [0.4, 0.5) is 0 Å². The van der Waals surface area contributed by atoms with E-state index in [9.17, 15) is 0 Å². The van der Waals surface area contributed by atoms with Gasteiger partial charge in [-0.2, -0.15) is 5.26 Å². The molecule has 126 valence electrons. The van der Waals surface area contributed by atoms with E-state index < -0.39 is 0 Å². The Morgan fingerprint density at radius 2 is 1.44 bits per heavy atom. The second-order valence-corrected chi connectivity index (χ2v) is 5.74. The summed E-state index contributed by atoms with van der Waals surface area (Å²) in [5.74, 6) is 0.612. The maximum atomic E-state index is 8.78. The maximum absolute atomic E-state index is 8.78. The lowest BCUT2D eigenvalue weighted by atomic mass is 9.97. The van der Waals surface area contributed by atoms with E-state index in [-0.39, 0.29) is 6.10 Å². The molecule has 0 saturated carbocycles. The van der Waals surface area contributed by atoms with Gasteiger partial charge in [-0.1, -0.05) is 84.9 Å². The van der Waals surface area contributed by atoms with E-state index in [1.54, 1.807) is 6.26 Å². The van der Waals surface area contributed by atoms with Crippen molar-refractivity contribution in [3.63, 3.8) is 0 Å². The molecule has 0 N–H and O–H groups in total. The summed E-state index contributed by atoms with van der Waals surface area (Å²) in [7, 11) is 0. The fourth-order valence-electron chi connectivity index (χ4n) is 2.44. The average Bonchev–Trinajstić information content (AvgIpc) is 2.69. The van der Waals surface area contributed by atoms with Crippen LogP contribution in [0.1, 0.15) is 28.4 Å². The van der Waals surface area contributed by atoms with Gasteiger partial charge in [-0.05, 0) is 23.6 Å². The van der Waals surface area contributed by atoms with Gasteiger partial charge in [0.2, 0.25) is 0 Å². The zero-order valence-electron chi connectivity index (χ0n) is 14.1. The molecule has 2 nitrogen and oxygen atoms in total. The Balaban J connectivity index is 0.000000236. The number of nitriles is 1. The van der Waals surface area contributed by atoms with E-state index in [4.69, 9.17) is 21.6 Å². The van der Waals surface area contributed by atoms with Crippen molar-refractivity contribution < 1.29 is 4.74 Å². The van der Waals surface area contributed by atoms with Gasteiger partial charge >= 0.3 is 0 Å². The van der Waals surface area contributed by atoms with Crippen molar-refractivity contribution in [1.29, 1.82) is 5.26 Å². The van der Waals surface area contributed by atoms with Crippen molar-refractivity contribution in [2.24, 2.45) is 0 Å². The molecule has 1 unspecified atom stereocenters. The summed E-state index contributed by atoms with van der Waals surface area (Å²) in [4.78, 5) is 0. The molecule has 0 heterocycles. The molecule has 0 aliphatic heterocycles. The standard InChI is InChI=1S/C15H13NO.C7H7Cl/c1-12-7-5-6-10-14(12)15(17-11-16)13-8-3-2-4-9-13;8-6-7-4-2-1-3-5-7/h2-10,15H,1H3;1-5H,6H2. The topological polar surface area (TPSA) is 33.0 Å². The lowest BCUT2D eigenvalue weighted by molar-refractivity contribution is 0.201. The van der Waals surface area contributed by atoms with Crippen molar-refractivity contribution in [3.05, 3.63) is 107 Å². The highest BCUT2D eigenvalue weighted by Gasteiger charge is 2.16. The van der Waals surface area contributed by atoms with Gasteiger partial charge in [-0.25, -0.2) is 0 Å². The van der Waals surface area contributed by atoms with Crippen LogP contribution in [0.25, 0.3) is 0 Å². The van der Waals surface area contributed by atoms with Crippen LogP contribution in [0.3, 0.4) is 0 Å². The first-order valence-corrected chi connectivity index (χ1v) is 8.54. The fourth-order valence-corrected chi connectivity index (χ4v) is 2.62. The number of ether oxygens (including phenoxy) is 1. The van der Waals surface area contributed by atoms with Gasteiger partial charge in [-0.15, -0.1) is 11.6 Å². The van der Waals surface area contributed by atoms with Crippen LogP contribution in [-0.4, -0.2) is 0 Å². The number of alkyl halides is 1. The van der Waals surface area contributed by atoms with Crippen molar-refractivity contribution in [2.45, 2.75) is 18.9 Å². The van der Waals surface area contributed by atoms with E-state index >= 15 is 0 Å². The maximum Gasteiger partial charge on any atom is 0.287 e. The van der Waals surface area contributed by atoms with Crippen LogP contribution < -0.4 is 0 Å². The van der Waals surface area contributed by atoms with Crippen LogP contribution in [0.2, 0.25) is 0 Å². The Labute approximate surface area is 154 Å². The lowest BCUT2D eigenvalue weighted by Crippen LogP contribution is -2.04. The van der Waals surface area contributed by atoms with Crippen LogP contribution in [-0.2, 0) is 10.6 Å². The summed E-state index contributed by atoms with van der Waals surface area (Å²) >= 11 is 5.53. The second-order valence-electron chi connectivity index (χ2n) is 5.48. The van der Waals surface area contributed by atoms with E-state index in [0.29, 0.717) is 5.88 Å². The van der Waals surface area contributed by atoms with Gasteiger partial charge in [0.1, 0.15) is 0 Å². The summed E-state index contributed by atoms with van der Waals surface area (Å²) in [6.07, 6.45) is 1.47. The van der Waals surface area contributed by atoms with Crippen LogP contribution in [0.5, 0.6) is 0 Å². The average molecular weight is 350 g/mol. The van der Waals surface area contributed by atoms with Crippen molar-refractivity contribution in [2.75, 3.05) is 0 Å². The highest BCUT2D eigenvalue weighted by atomic mass is 35.5. The zero-order chi connectivity index (χ0) is 17.9. The molecular formula is C22H20ClNO. The van der Waals surface area contributed by atoms with Gasteiger partial charge in [0.15, 0.2) is 6.10 Å². The molecule has 0 amide bonds. The number of hydrogen-bond acceptors (Lipinski definition) is 2. The van der Waals surface area contributed by atoms with Gasteiger partial charge in [-0.3, -0.25) is 0 Å². The fraction of sp³-hybridized carbons (Fsp3) is 0.136. The van der Waals surface area contributed by atoms with Crippen LogP contribution in [0.15, 0.2) is 84.9 Å². The first-order chi connectivity index (χ1) is 12.3. The summed E-state index contributed by atoms with van der Waals surface area (Å²) in [6.45, 7) is 2.02. The number of rotatable bonds is 4. The van der Waals surface area contributed by atoms with Gasteiger partial charge in [0, 0.05) is 11.4 Å². The molecule has 0 fully saturated rings. The molecule has 1 atom stereocenters. The number of benzene rings is 3. The summed E-state index contributed by atoms with van der Waals surface area (Å²) in [6, 6.07) is 27.7. The van der Waals surface area contributed by atoms with E-state index in [0.717, 1.165) is 16.7 Å². The Morgan fingerprint density at radius 3 is 1.96 bits per heavy atom. The molecular weight excluding hydrogens is 330 g/mol. The minimum Gasteiger partial charge on any atom is -0.414 e. The smallest absolute Gasteiger partial charge is 0.287 e. The molecule has 0 aliphatic carbocycles. The second kappa shape index (κ2) is 10.2. The monoisotopic (exact) mass is 349 g/mol. The normalized spacial score (nSPS) is 10.8. The van der Waals surface area contributed by atoms with Crippen molar-refractivity contribution >= 4 is 11.6 Å². The molecule has 0 spiro atoms. The number of nitrogens with zero attached hydrogens (tertiary/aromatic N) is 1. The highest BCUT2D eigenvalue weighted by molar-refractivity contribution is 6.17. The minimum absolute atomic E-state index is 0.317. The van der Waals surface area contributed by atoms with Crippen LogP contribution in [0, 0.1) is 18.4 Å². The van der Waals surface area contributed by atoms with Gasteiger partial charge in [0.25, 0.3) is 6.26 Å². The summed E-state index contributed by atoms with van der Waals surface area (Å²) < 4.78 is 5.20. The molecule has 0 saturated heterocycles. The van der Waals surface area contributed by atoms with E-state index in [1.807, 2.05) is 91.9 Å². The molecule has 3 aromatic carbocycles. The Morgan fingerprint density at radius 1 is 0.880 bits per heavy atom. The summed E-state index contributed by atoms with van der Waals surface area (Å²) in [5.41, 5.74) is 4.31. The molecule has 0 aliphatic rings. The third-order valence-electron chi connectivity index (χ3n) is 3.74. The predicted molar refractivity (Wildman–Crippen MR) is 102 cm³/mol. The Kier molecular flexibility index (Phi) is 7.56. The minimum atomic E-state index is -0.317.